The summed E-state index contributed by atoms with van der Waals surface area (Å²) in [6.07, 6.45) is 1.36. The third kappa shape index (κ3) is 2.87. The van der Waals surface area contributed by atoms with E-state index in [4.69, 9.17) is 0 Å². The van der Waals surface area contributed by atoms with Crippen molar-refractivity contribution in [1.29, 1.82) is 0 Å². The Hall–Kier alpha value is -3.14. The standard InChI is InChI=1S/C21H18N2O2/c24-21(20-12-6-7-13-23(20)25)22-14-17-10-4-5-11-18(17)19(15-22)16-8-2-1-3-9-16/h1-13,19H,14-15H2/t19-/m1/s1. The van der Waals surface area contributed by atoms with E-state index < -0.39 is 0 Å². The lowest BCUT2D eigenvalue weighted by molar-refractivity contribution is -0.608. The molecule has 4 nitrogen and oxygen atoms in total. The fraction of sp³-hybridized carbons (Fsp3) is 0.143. The van der Waals surface area contributed by atoms with E-state index >= 15 is 0 Å². The summed E-state index contributed by atoms with van der Waals surface area (Å²) in [6.45, 7) is 1.09. The molecule has 3 aromatic rings. The van der Waals surface area contributed by atoms with Gasteiger partial charge in [-0.1, -0.05) is 54.6 Å². The van der Waals surface area contributed by atoms with Crippen LogP contribution in [0, 0.1) is 5.21 Å². The molecule has 4 rings (SSSR count). The number of carbonyl (C=O) groups excluding carboxylic acids is 1. The van der Waals surface area contributed by atoms with E-state index in [0.717, 1.165) is 5.56 Å². The summed E-state index contributed by atoms with van der Waals surface area (Å²) in [5.74, 6) is -0.120. The molecule has 2 heterocycles. The zero-order valence-corrected chi connectivity index (χ0v) is 13.7. The first-order chi connectivity index (χ1) is 12.2. The maximum atomic E-state index is 12.9. The molecule has 25 heavy (non-hydrogen) atoms. The highest BCUT2D eigenvalue weighted by atomic mass is 16.5. The van der Waals surface area contributed by atoms with Gasteiger partial charge in [0, 0.05) is 31.1 Å². The van der Waals surface area contributed by atoms with Crippen LogP contribution in [0.5, 0.6) is 0 Å². The fourth-order valence-corrected chi connectivity index (χ4v) is 3.49. The predicted molar refractivity (Wildman–Crippen MR) is 94.9 cm³/mol. The average molecular weight is 330 g/mol. The summed E-state index contributed by atoms with van der Waals surface area (Å²) in [7, 11) is 0. The quantitative estimate of drug-likeness (QED) is 0.535. The second kappa shape index (κ2) is 6.40. The third-order valence-corrected chi connectivity index (χ3v) is 4.73. The molecular weight excluding hydrogens is 312 g/mol. The Balaban J connectivity index is 1.73. The van der Waals surface area contributed by atoms with Crippen molar-refractivity contribution < 1.29 is 9.52 Å². The van der Waals surface area contributed by atoms with Gasteiger partial charge in [0.15, 0.2) is 6.20 Å². The number of carbonyl (C=O) groups is 1. The monoisotopic (exact) mass is 330 g/mol. The van der Waals surface area contributed by atoms with Gasteiger partial charge in [-0.2, -0.15) is 4.73 Å². The fourth-order valence-electron chi connectivity index (χ4n) is 3.49. The Bertz CT molecular complexity index is 909. The molecule has 4 heteroatoms. The number of rotatable bonds is 2. The minimum absolute atomic E-state index is 0.110. The molecule has 1 aliphatic rings. The van der Waals surface area contributed by atoms with E-state index in [-0.39, 0.29) is 17.5 Å². The van der Waals surface area contributed by atoms with Gasteiger partial charge in [-0.05, 0) is 22.8 Å². The van der Waals surface area contributed by atoms with Gasteiger partial charge in [-0.25, -0.2) is 0 Å². The predicted octanol–water partition coefficient (Wildman–Crippen LogP) is 3.11. The molecule has 0 fully saturated rings. The SMILES string of the molecule is O=C(c1cccc[n+]1[O-])N1Cc2ccccc2[C@@H](c2ccccc2)C1. The Morgan fingerprint density at radius 2 is 1.68 bits per heavy atom. The normalized spacial score (nSPS) is 16.3. The summed E-state index contributed by atoms with van der Waals surface area (Å²) < 4.78 is 0.639. The molecule has 0 spiro atoms. The van der Waals surface area contributed by atoms with Gasteiger partial charge in [-0.3, -0.25) is 4.79 Å². The number of fused-ring (bicyclic) bond motifs is 1. The summed E-state index contributed by atoms with van der Waals surface area (Å²) in [6, 6.07) is 23.3. The number of aromatic nitrogens is 1. The van der Waals surface area contributed by atoms with E-state index in [9.17, 15) is 10.0 Å². The number of nitrogens with zero attached hydrogens (tertiary/aromatic N) is 2. The molecule has 0 aliphatic carbocycles. The van der Waals surface area contributed by atoms with Gasteiger partial charge in [0.1, 0.15) is 0 Å². The summed E-state index contributed by atoms with van der Waals surface area (Å²) in [5, 5.41) is 12.0. The first-order valence-corrected chi connectivity index (χ1v) is 8.34. The number of hydrogen-bond acceptors (Lipinski definition) is 2. The second-order valence-electron chi connectivity index (χ2n) is 6.26. The Morgan fingerprint density at radius 3 is 2.48 bits per heavy atom. The Labute approximate surface area is 146 Å². The number of hydrogen-bond donors (Lipinski definition) is 0. The topological polar surface area (TPSA) is 47.2 Å². The number of benzene rings is 2. The van der Waals surface area contributed by atoms with Crippen LogP contribution in [-0.4, -0.2) is 17.4 Å². The van der Waals surface area contributed by atoms with Gasteiger partial charge in [-0.15, -0.1) is 0 Å². The van der Waals surface area contributed by atoms with Crippen LogP contribution in [0.25, 0.3) is 0 Å². The lowest BCUT2D eigenvalue weighted by atomic mass is 9.84. The van der Waals surface area contributed by atoms with Crippen LogP contribution in [0.15, 0.2) is 79.0 Å². The summed E-state index contributed by atoms with van der Waals surface area (Å²) in [4.78, 5) is 14.7. The largest absolute Gasteiger partial charge is 0.618 e. The van der Waals surface area contributed by atoms with Gasteiger partial charge in [0.2, 0.25) is 0 Å². The van der Waals surface area contributed by atoms with E-state index in [1.165, 1.54) is 17.3 Å². The Morgan fingerprint density at radius 1 is 0.960 bits per heavy atom. The highest BCUT2D eigenvalue weighted by Gasteiger charge is 2.32. The van der Waals surface area contributed by atoms with E-state index in [2.05, 4.69) is 24.3 Å². The van der Waals surface area contributed by atoms with E-state index in [1.807, 2.05) is 30.3 Å². The molecule has 0 saturated heterocycles. The number of pyridine rings is 1. The molecule has 2 aromatic carbocycles. The van der Waals surface area contributed by atoms with Crippen LogP contribution in [0.4, 0.5) is 0 Å². The minimum atomic E-state index is -0.231. The maximum Gasteiger partial charge on any atom is 0.320 e. The summed E-state index contributed by atoms with van der Waals surface area (Å²) in [5.41, 5.74) is 3.72. The highest BCUT2D eigenvalue weighted by molar-refractivity contribution is 5.91. The van der Waals surface area contributed by atoms with Crippen LogP contribution >= 0.6 is 0 Å². The van der Waals surface area contributed by atoms with Crippen molar-refractivity contribution in [3.8, 4) is 0 Å². The first kappa shape index (κ1) is 15.4. The van der Waals surface area contributed by atoms with Crippen LogP contribution in [0.2, 0.25) is 0 Å². The zero-order valence-electron chi connectivity index (χ0n) is 13.7. The molecule has 1 atom stereocenters. The minimum Gasteiger partial charge on any atom is -0.618 e. The molecular formula is C21H18N2O2. The van der Waals surface area contributed by atoms with Crippen molar-refractivity contribution in [2.75, 3.05) is 6.54 Å². The van der Waals surface area contributed by atoms with Gasteiger partial charge in [0.05, 0.1) is 0 Å². The van der Waals surface area contributed by atoms with Crippen molar-refractivity contribution in [1.82, 2.24) is 4.90 Å². The van der Waals surface area contributed by atoms with Crippen molar-refractivity contribution in [2.45, 2.75) is 12.5 Å². The van der Waals surface area contributed by atoms with Crippen molar-refractivity contribution >= 4 is 5.91 Å². The van der Waals surface area contributed by atoms with Crippen molar-refractivity contribution in [2.24, 2.45) is 0 Å². The lowest BCUT2D eigenvalue weighted by Crippen LogP contribution is -2.44. The van der Waals surface area contributed by atoms with E-state index in [0.29, 0.717) is 17.8 Å². The van der Waals surface area contributed by atoms with Gasteiger partial charge < -0.3 is 10.1 Å². The highest BCUT2D eigenvalue weighted by Crippen LogP contribution is 2.33. The third-order valence-electron chi connectivity index (χ3n) is 4.73. The molecule has 0 bridgehead atoms. The maximum absolute atomic E-state index is 12.9. The van der Waals surface area contributed by atoms with Crippen LogP contribution in [0.3, 0.4) is 0 Å². The van der Waals surface area contributed by atoms with E-state index in [1.54, 1.807) is 23.1 Å². The number of amides is 1. The molecule has 0 N–H and O–H groups in total. The molecule has 0 saturated carbocycles. The van der Waals surface area contributed by atoms with Gasteiger partial charge in [0.25, 0.3) is 5.69 Å². The summed E-state index contributed by atoms with van der Waals surface area (Å²) >= 11 is 0. The lowest BCUT2D eigenvalue weighted by Gasteiger charge is -2.34. The van der Waals surface area contributed by atoms with Crippen LogP contribution < -0.4 is 4.73 Å². The van der Waals surface area contributed by atoms with Gasteiger partial charge >= 0.3 is 5.91 Å². The Kier molecular flexibility index (Phi) is 3.94. The molecule has 0 unspecified atom stereocenters. The first-order valence-electron chi connectivity index (χ1n) is 8.34. The van der Waals surface area contributed by atoms with Crippen LogP contribution in [0.1, 0.15) is 33.1 Å². The molecule has 1 aromatic heterocycles. The molecule has 124 valence electrons. The molecule has 0 radical (unpaired) electrons. The second-order valence-corrected chi connectivity index (χ2v) is 6.26. The molecule has 1 aliphatic heterocycles. The average Bonchev–Trinajstić information content (AvgIpc) is 2.67. The molecule has 1 amide bonds. The zero-order chi connectivity index (χ0) is 17.2. The van der Waals surface area contributed by atoms with Crippen molar-refractivity contribution in [3.63, 3.8) is 0 Å². The van der Waals surface area contributed by atoms with Crippen LogP contribution in [-0.2, 0) is 6.54 Å². The smallest absolute Gasteiger partial charge is 0.320 e. The van der Waals surface area contributed by atoms with Crippen molar-refractivity contribution in [3.05, 3.63) is 107 Å².